The SMILES string of the molecule is Cc1cc(-n2ccnc2C)ccc1CNc1ccc(S(C)=O)cc1. The van der Waals surface area contributed by atoms with E-state index in [9.17, 15) is 4.21 Å². The Kier molecular flexibility index (Phi) is 4.81. The Morgan fingerprint density at radius 3 is 2.46 bits per heavy atom. The molecule has 0 fully saturated rings. The van der Waals surface area contributed by atoms with Gasteiger partial charge in [0, 0.05) is 52.3 Å². The van der Waals surface area contributed by atoms with E-state index in [1.165, 1.54) is 11.1 Å². The number of benzene rings is 2. The molecule has 124 valence electrons. The summed E-state index contributed by atoms with van der Waals surface area (Å²) in [5, 5.41) is 3.42. The summed E-state index contributed by atoms with van der Waals surface area (Å²) in [6.45, 7) is 4.87. The predicted molar refractivity (Wildman–Crippen MR) is 99.1 cm³/mol. The zero-order valence-electron chi connectivity index (χ0n) is 14.1. The molecule has 0 saturated carbocycles. The minimum absolute atomic E-state index is 0.754. The molecule has 0 spiro atoms. The van der Waals surface area contributed by atoms with Crippen LogP contribution in [0.1, 0.15) is 17.0 Å². The average Bonchev–Trinajstić information content (AvgIpc) is 3.00. The Bertz CT molecular complexity index is 869. The van der Waals surface area contributed by atoms with E-state index < -0.39 is 10.8 Å². The van der Waals surface area contributed by atoms with Crippen molar-refractivity contribution in [1.29, 1.82) is 0 Å². The quantitative estimate of drug-likeness (QED) is 0.768. The number of aromatic nitrogens is 2. The molecule has 2 aromatic carbocycles. The van der Waals surface area contributed by atoms with Gasteiger partial charge in [-0.2, -0.15) is 0 Å². The summed E-state index contributed by atoms with van der Waals surface area (Å²) in [6.07, 6.45) is 5.48. The van der Waals surface area contributed by atoms with Crippen LogP contribution >= 0.6 is 0 Å². The fourth-order valence-corrected chi connectivity index (χ4v) is 3.16. The standard InChI is InChI=1S/C19H21N3OS/c1-14-12-18(22-11-10-20-15(22)2)7-4-16(14)13-21-17-5-8-19(9-6-17)24(3)23/h4-12,21H,13H2,1-3H3. The molecule has 3 aromatic rings. The molecule has 24 heavy (non-hydrogen) atoms. The van der Waals surface area contributed by atoms with Crippen LogP contribution in [-0.2, 0) is 17.3 Å². The second kappa shape index (κ2) is 7.01. The minimum Gasteiger partial charge on any atom is -0.381 e. The number of rotatable bonds is 5. The van der Waals surface area contributed by atoms with Gasteiger partial charge in [-0.25, -0.2) is 4.98 Å². The zero-order valence-corrected chi connectivity index (χ0v) is 14.9. The molecule has 0 bridgehead atoms. The van der Waals surface area contributed by atoms with Crippen LogP contribution in [0.3, 0.4) is 0 Å². The maximum absolute atomic E-state index is 11.4. The first kappa shape index (κ1) is 16.5. The summed E-state index contributed by atoms with van der Waals surface area (Å²) in [7, 11) is -0.935. The molecule has 0 amide bonds. The molecular formula is C19H21N3OS. The van der Waals surface area contributed by atoms with Crippen LogP contribution in [0, 0.1) is 13.8 Å². The van der Waals surface area contributed by atoms with E-state index in [0.29, 0.717) is 0 Å². The van der Waals surface area contributed by atoms with Crippen LogP contribution in [0.2, 0.25) is 0 Å². The fourth-order valence-electron chi connectivity index (χ4n) is 2.64. The number of nitrogens with zero attached hydrogens (tertiary/aromatic N) is 2. The van der Waals surface area contributed by atoms with Gasteiger partial charge in [0.15, 0.2) is 0 Å². The molecule has 4 nitrogen and oxygen atoms in total. The average molecular weight is 339 g/mol. The number of hydrogen-bond acceptors (Lipinski definition) is 3. The summed E-state index contributed by atoms with van der Waals surface area (Å²) >= 11 is 0. The molecular weight excluding hydrogens is 318 g/mol. The van der Waals surface area contributed by atoms with E-state index >= 15 is 0 Å². The Labute approximate surface area is 145 Å². The number of hydrogen-bond donors (Lipinski definition) is 1. The summed E-state index contributed by atoms with van der Waals surface area (Å²) in [5.74, 6) is 0.980. The normalized spacial score (nSPS) is 12.1. The van der Waals surface area contributed by atoms with Crippen molar-refractivity contribution in [3.8, 4) is 5.69 Å². The Hall–Kier alpha value is -2.40. The van der Waals surface area contributed by atoms with E-state index in [-0.39, 0.29) is 0 Å². The molecule has 0 aliphatic heterocycles. The van der Waals surface area contributed by atoms with Crippen LogP contribution in [0.25, 0.3) is 5.69 Å². The molecule has 0 saturated heterocycles. The summed E-state index contributed by atoms with van der Waals surface area (Å²) in [4.78, 5) is 5.11. The van der Waals surface area contributed by atoms with Crippen molar-refractivity contribution in [2.45, 2.75) is 25.3 Å². The minimum atomic E-state index is -0.935. The highest BCUT2D eigenvalue weighted by molar-refractivity contribution is 7.84. The van der Waals surface area contributed by atoms with Crippen LogP contribution < -0.4 is 5.32 Å². The van der Waals surface area contributed by atoms with Gasteiger partial charge in [-0.15, -0.1) is 0 Å². The van der Waals surface area contributed by atoms with Crippen molar-refractivity contribution in [2.24, 2.45) is 0 Å². The van der Waals surface area contributed by atoms with Crippen LogP contribution in [0.5, 0.6) is 0 Å². The van der Waals surface area contributed by atoms with Crippen molar-refractivity contribution < 1.29 is 4.21 Å². The number of aryl methyl sites for hydroxylation is 2. The van der Waals surface area contributed by atoms with Crippen molar-refractivity contribution in [3.05, 3.63) is 71.8 Å². The molecule has 1 aromatic heterocycles. The molecule has 5 heteroatoms. The molecule has 0 aliphatic carbocycles. The molecule has 1 unspecified atom stereocenters. The third-order valence-electron chi connectivity index (χ3n) is 4.10. The second-order valence-electron chi connectivity index (χ2n) is 5.79. The number of anilines is 1. The highest BCUT2D eigenvalue weighted by Crippen LogP contribution is 2.18. The largest absolute Gasteiger partial charge is 0.381 e. The van der Waals surface area contributed by atoms with Gasteiger partial charge in [-0.1, -0.05) is 6.07 Å². The van der Waals surface area contributed by atoms with Gasteiger partial charge >= 0.3 is 0 Å². The maximum atomic E-state index is 11.4. The van der Waals surface area contributed by atoms with Gasteiger partial charge in [0.2, 0.25) is 0 Å². The Morgan fingerprint density at radius 2 is 1.88 bits per heavy atom. The monoisotopic (exact) mass is 339 g/mol. The lowest BCUT2D eigenvalue weighted by Crippen LogP contribution is -2.03. The van der Waals surface area contributed by atoms with Gasteiger partial charge in [0.25, 0.3) is 0 Å². The fraction of sp³-hybridized carbons (Fsp3) is 0.211. The third kappa shape index (κ3) is 3.57. The predicted octanol–water partition coefficient (Wildman–Crippen LogP) is 3.84. The second-order valence-corrected chi connectivity index (χ2v) is 7.17. The van der Waals surface area contributed by atoms with Crippen LogP contribution in [0.15, 0.2) is 59.8 Å². The Balaban J connectivity index is 1.72. The zero-order chi connectivity index (χ0) is 17.1. The summed E-state index contributed by atoms with van der Waals surface area (Å²) in [6, 6.07) is 14.2. The molecule has 0 radical (unpaired) electrons. The first-order valence-corrected chi connectivity index (χ1v) is 9.37. The lowest BCUT2D eigenvalue weighted by Gasteiger charge is -2.12. The highest BCUT2D eigenvalue weighted by Gasteiger charge is 2.04. The van der Waals surface area contributed by atoms with E-state index in [1.807, 2.05) is 43.6 Å². The van der Waals surface area contributed by atoms with Gasteiger partial charge in [0.05, 0.1) is 0 Å². The first-order chi connectivity index (χ1) is 11.5. The van der Waals surface area contributed by atoms with Gasteiger partial charge in [0.1, 0.15) is 5.82 Å². The smallest absolute Gasteiger partial charge is 0.110 e. The van der Waals surface area contributed by atoms with Gasteiger partial charge in [-0.3, -0.25) is 4.21 Å². The van der Waals surface area contributed by atoms with Crippen molar-refractivity contribution in [3.63, 3.8) is 0 Å². The molecule has 0 aliphatic rings. The van der Waals surface area contributed by atoms with E-state index in [2.05, 4.69) is 40.0 Å². The highest BCUT2D eigenvalue weighted by atomic mass is 32.2. The van der Waals surface area contributed by atoms with Gasteiger partial charge < -0.3 is 9.88 Å². The maximum Gasteiger partial charge on any atom is 0.110 e. The van der Waals surface area contributed by atoms with Crippen molar-refractivity contribution in [1.82, 2.24) is 9.55 Å². The Morgan fingerprint density at radius 1 is 1.12 bits per heavy atom. The molecule has 1 atom stereocenters. The number of nitrogens with one attached hydrogen (secondary N) is 1. The van der Waals surface area contributed by atoms with Crippen LogP contribution in [-0.4, -0.2) is 20.0 Å². The lowest BCUT2D eigenvalue weighted by molar-refractivity contribution is 0.687. The van der Waals surface area contributed by atoms with Gasteiger partial charge in [-0.05, 0) is 61.4 Å². The topological polar surface area (TPSA) is 46.9 Å². The number of imidazole rings is 1. The van der Waals surface area contributed by atoms with E-state index in [1.54, 1.807) is 6.26 Å². The van der Waals surface area contributed by atoms with E-state index in [0.717, 1.165) is 28.6 Å². The molecule has 1 N–H and O–H groups in total. The summed E-state index contributed by atoms with van der Waals surface area (Å²) in [5.41, 5.74) is 4.64. The lowest BCUT2D eigenvalue weighted by atomic mass is 10.1. The third-order valence-corrected chi connectivity index (χ3v) is 5.04. The molecule has 1 heterocycles. The summed E-state index contributed by atoms with van der Waals surface area (Å²) < 4.78 is 13.5. The van der Waals surface area contributed by atoms with Crippen LogP contribution in [0.4, 0.5) is 5.69 Å². The van der Waals surface area contributed by atoms with E-state index in [4.69, 9.17) is 0 Å². The van der Waals surface area contributed by atoms with Crippen molar-refractivity contribution in [2.75, 3.05) is 11.6 Å². The first-order valence-electron chi connectivity index (χ1n) is 7.82. The molecule has 3 rings (SSSR count). The van der Waals surface area contributed by atoms with Crippen molar-refractivity contribution >= 4 is 16.5 Å².